The SMILES string of the molecule is OC[C@H]1OC(O)C(O)C[C@@H]1O. The van der Waals surface area contributed by atoms with Crippen molar-refractivity contribution in [1.82, 2.24) is 0 Å². The van der Waals surface area contributed by atoms with Crippen LogP contribution in [0.2, 0.25) is 0 Å². The molecule has 1 heterocycles. The second-order valence-electron chi connectivity index (χ2n) is 2.62. The van der Waals surface area contributed by atoms with E-state index in [4.69, 9.17) is 20.4 Å². The van der Waals surface area contributed by atoms with E-state index < -0.39 is 24.6 Å². The van der Waals surface area contributed by atoms with Crippen LogP contribution in [0.5, 0.6) is 0 Å². The first-order valence-corrected chi connectivity index (χ1v) is 3.45. The van der Waals surface area contributed by atoms with Crippen molar-refractivity contribution in [3.05, 3.63) is 0 Å². The summed E-state index contributed by atoms with van der Waals surface area (Å²) in [6, 6.07) is 0. The molecule has 1 saturated heterocycles. The third-order valence-corrected chi connectivity index (χ3v) is 1.74. The van der Waals surface area contributed by atoms with Crippen molar-refractivity contribution < 1.29 is 25.2 Å². The van der Waals surface area contributed by atoms with E-state index in [9.17, 15) is 0 Å². The van der Waals surface area contributed by atoms with Crippen molar-refractivity contribution in [1.29, 1.82) is 0 Å². The second-order valence-corrected chi connectivity index (χ2v) is 2.62. The lowest BCUT2D eigenvalue weighted by atomic mass is 10.0. The largest absolute Gasteiger partial charge is 0.394 e. The van der Waals surface area contributed by atoms with Gasteiger partial charge >= 0.3 is 0 Å². The van der Waals surface area contributed by atoms with Crippen LogP contribution in [0.1, 0.15) is 6.42 Å². The van der Waals surface area contributed by atoms with Crippen LogP contribution >= 0.6 is 0 Å². The van der Waals surface area contributed by atoms with Gasteiger partial charge in [-0.05, 0) is 0 Å². The number of hydrogen-bond acceptors (Lipinski definition) is 5. The first-order chi connectivity index (χ1) is 5.15. The van der Waals surface area contributed by atoms with Gasteiger partial charge in [-0.25, -0.2) is 0 Å². The zero-order valence-corrected chi connectivity index (χ0v) is 5.92. The maximum atomic E-state index is 9.10. The molecule has 0 spiro atoms. The smallest absolute Gasteiger partial charge is 0.181 e. The van der Waals surface area contributed by atoms with Gasteiger partial charge in [0.2, 0.25) is 0 Å². The standard InChI is InChI=1S/C6H12O5/c7-2-5-3(8)1-4(9)6(10)11-5/h3-10H,1-2H2/t3-,4?,5+,6?/m0/s1. The van der Waals surface area contributed by atoms with E-state index in [1.165, 1.54) is 0 Å². The molecule has 0 aliphatic carbocycles. The molecule has 5 nitrogen and oxygen atoms in total. The molecule has 1 aliphatic heterocycles. The van der Waals surface area contributed by atoms with Gasteiger partial charge in [-0.15, -0.1) is 0 Å². The highest BCUT2D eigenvalue weighted by molar-refractivity contribution is 4.79. The van der Waals surface area contributed by atoms with Gasteiger partial charge in [-0.3, -0.25) is 0 Å². The fourth-order valence-electron chi connectivity index (χ4n) is 1.04. The summed E-state index contributed by atoms with van der Waals surface area (Å²) in [7, 11) is 0. The monoisotopic (exact) mass is 164 g/mol. The highest BCUT2D eigenvalue weighted by atomic mass is 16.6. The molecule has 0 amide bonds. The van der Waals surface area contributed by atoms with E-state index in [0.717, 1.165) is 0 Å². The Morgan fingerprint density at radius 2 is 1.82 bits per heavy atom. The van der Waals surface area contributed by atoms with Gasteiger partial charge in [-0.2, -0.15) is 0 Å². The zero-order valence-electron chi connectivity index (χ0n) is 5.92. The Kier molecular flexibility index (Phi) is 2.80. The number of ether oxygens (including phenoxy) is 1. The molecule has 0 bridgehead atoms. The average molecular weight is 164 g/mol. The quantitative estimate of drug-likeness (QED) is 0.353. The lowest BCUT2D eigenvalue weighted by Crippen LogP contribution is -2.48. The predicted octanol–water partition coefficient (Wildman–Crippen LogP) is -2.19. The average Bonchev–Trinajstić information content (AvgIpc) is 1.97. The van der Waals surface area contributed by atoms with Crippen molar-refractivity contribution in [2.75, 3.05) is 6.61 Å². The molecule has 0 aromatic rings. The van der Waals surface area contributed by atoms with E-state index >= 15 is 0 Å². The molecule has 0 aromatic heterocycles. The molecule has 1 rings (SSSR count). The fraction of sp³-hybridized carbons (Fsp3) is 1.00. The Bertz CT molecular complexity index is 128. The molecule has 1 fully saturated rings. The topological polar surface area (TPSA) is 90.2 Å². The van der Waals surface area contributed by atoms with E-state index in [1.54, 1.807) is 0 Å². The van der Waals surface area contributed by atoms with Crippen molar-refractivity contribution in [2.24, 2.45) is 0 Å². The summed E-state index contributed by atoms with van der Waals surface area (Å²) in [5.41, 5.74) is 0. The highest BCUT2D eigenvalue weighted by Gasteiger charge is 2.34. The summed E-state index contributed by atoms with van der Waals surface area (Å²) in [5, 5.41) is 35.5. The summed E-state index contributed by atoms with van der Waals surface area (Å²) in [6.07, 6.45) is -4.01. The van der Waals surface area contributed by atoms with Crippen molar-refractivity contribution >= 4 is 0 Å². The predicted molar refractivity (Wildman–Crippen MR) is 34.6 cm³/mol. The molecular formula is C6H12O5. The van der Waals surface area contributed by atoms with Gasteiger partial charge in [0, 0.05) is 6.42 Å². The minimum atomic E-state index is -1.30. The van der Waals surface area contributed by atoms with Gasteiger partial charge in [0.15, 0.2) is 6.29 Å². The molecule has 11 heavy (non-hydrogen) atoms. The third-order valence-electron chi connectivity index (χ3n) is 1.74. The van der Waals surface area contributed by atoms with Gasteiger partial charge in [-0.1, -0.05) is 0 Å². The molecule has 66 valence electrons. The van der Waals surface area contributed by atoms with Crippen LogP contribution in [0.25, 0.3) is 0 Å². The normalized spacial score (nSPS) is 45.8. The highest BCUT2D eigenvalue weighted by Crippen LogP contribution is 2.18. The Morgan fingerprint density at radius 1 is 1.18 bits per heavy atom. The summed E-state index contributed by atoms with van der Waals surface area (Å²) < 4.78 is 4.67. The molecule has 0 saturated carbocycles. The van der Waals surface area contributed by atoms with Crippen LogP contribution in [0.15, 0.2) is 0 Å². The molecule has 0 radical (unpaired) electrons. The zero-order chi connectivity index (χ0) is 8.43. The molecule has 4 N–H and O–H groups in total. The van der Waals surface area contributed by atoms with Crippen molar-refractivity contribution in [2.45, 2.75) is 31.0 Å². The van der Waals surface area contributed by atoms with Crippen molar-refractivity contribution in [3.63, 3.8) is 0 Å². The first-order valence-electron chi connectivity index (χ1n) is 3.45. The molecule has 2 unspecified atom stereocenters. The van der Waals surface area contributed by atoms with Crippen LogP contribution in [-0.2, 0) is 4.74 Å². The fourth-order valence-corrected chi connectivity index (χ4v) is 1.04. The number of hydrogen-bond donors (Lipinski definition) is 4. The Balaban J connectivity index is 2.48. The molecule has 1 aliphatic rings. The van der Waals surface area contributed by atoms with Gasteiger partial charge < -0.3 is 25.2 Å². The molecule has 5 heteroatoms. The maximum Gasteiger partial charge on any atom is 0.181 e. The van der Waals surface area contributed by atoms with E-state index in [0.29, 0.717) is 0 Å². The lowest BCUT2D eigenvalue weighted by molar-refractivity contribution is -0.251. The minimum Gasteiger partial charge on any atom is -0.394 e. The second kappa shape index (κ2) is 3.46. The lowest BCUT2D eigenvalue weighted by Gasteiger charge is -2.33. The Morgan fingerprint density at radius 3 is 2.36 bits per heavy atom. The van der Waals surface area contributed by atoms with Crippen LogP contribution in [0.4, 0.5) is 0 Å². The number of aliphatic hydroxyl groups is 4. The molecular weight excluding hydrogens is 152 g/mol. The maximum absolute atomic E-state index is 9.10. The summed E-state index contributed by atoms with van der Waals surface area (Å²) >= 11 is 0. The van der Waals surface area contributed by atoms with Gasteiger partial charge in [0.25, 0.3) is 0 Å². The number of aliphatic hydroxyl groups excluding tert-OH is 4. The van der Waals surface area contributed by atoms with E-state index in [1.807, 2.05) is 0 Å². The van der Waals surface area contributed by atoms with Crippen LogP contribution in [0, 0.1) is 0 Å². The summed E-state index contributed by atoms with van der Waals surface area (Å²) in [5.74, 6) is 0. The number of rotatable bonds is 1. The van der Waals surface area contributed by atoms with Crippen LogP contribution < -0.4 is 0 Å². The van der Waals surface area contributed by atoms with E-state index in [-0.39, 0.29) is 13.0 Å². The Labute approximate surface area is 63.8 Å². The van der Waals surface area contributed by atoms with Crippen LogP contribution in [-0.4, -0.2) is 51.6 Å². The van der Waals surface area contributed by atoms with Gasteiger partial charge in [0.05, 0.1) is 12.7 Å². The third kappa shape index (κ3) is 1.88. The van der Waals surface area contributed by atoms with Crippen LogP contribution in [0.3, 0.4) is 0 Å². The summed E-state index contributed by atoms with van der Waals surface area (Å²) in [6.45, 7) is -0.356. The molecule has 4 atom stereocenters. The minimum absolute atomic E-state index is 0.0341. The van der Waals surface area contributed by atoms with Gasteiger partial charge in [0.1, 0.15) is 12.2 Å². The molecule has 0 aromatic carbocycles. The van der Waals surface area contributed by atoms with E-state index in [2.05, 4.69) is 4.74 Å². The first kappa shape index (κ1) is 8.89. The Hall–Kier alpha value is -0.200. The van der Waals surface area contributed by atoms with Crippen molar-refractivity contribution in [3.8, 4) is 0 Å². The summed E-state index contributed by atoms with van der Waals surface area (Å²) in [4.78, 5) is 0.